The molecule has 0 saturated carbocycles. The van der Waals surface area contributed by atoms with Crippen molar-refractivity contribution < 1.29 is 23.1 Å². The van der Waals surface area contributed by atoms with Gasteiger partial charge in [0.05, 0.1) is 11.3 Å². The van der Waals surface area contributed by atoms with E-state index in [1.165, 1.54) is 13.0 Å². The van der Waals surface area contributed by atoms with Gasteiger partial charge in [-0.3, -0.25) is 9.59 Å². The van der Waals surface area contributed by atoms with Crippen molar-refractivity contribution in [2.24, 2.45) is 4.40 Å². The van der Waals surface area contributed by atoms with Gasteiger partial charge in [0.2, 0.25) is 0 Å². The maximum atomic E-state index is 12.7. The SMILES string of the molecule is CC(CNC(=O)C1=CC=CN2CCS(=O)(=O)N=C12)(C(=O)O)c1ccccc1. The van der Waals surface area contributed by atoms with Gasteiger partial charge in [-0.2, -0.15) is 0 Å². The van der Waals surface area contributed by atoms with E-state index in [0.717, 1.165) is 0 Å². The number of carbonyl (C=O) groups is 2. The largest absolute Gasteiger partial charge is 0.481 e. The molecule has 1 amide bonds. The highest BCUT2D eigenvalue weighted by molar-refractivity contribution is 7.90. The molecule has 0 radical (unpaired) electrons. The van der Waals surface area contributed by atoms with Gasteiger partial charge in [0, 0.05) is 19.3 Å². The Morgan fingerprint density at radius 2 is 2.00 bits per heavy atom. The fourth-order valence-corrected chi connectivity index (χ4v) is 3.84. The molecule has 0 saturated heterocycles. The van der Waals surface area contributed by atoms with Gasteiger partial charge >= 0.3 is 5.97 Å². The predicted octanol–water partition coefficient (Wildman–Crippen LogP) is 0.643. The molecule has 2 aliphatic rings. The van der Waals surface area contributed by atoms with Gasteiger partial charge in [0.25, 0.3) is 15.9 Å². The molecule has 9 heteroatoms. The molecule has 1 unspecified atom stereocenters. The van der Waals surface area contributed by atoms with E-state index in [4.69, 9.17) is 0 Å². The van der Waals surface area contributed by atoms with Crippen molar-refractivity contribution in [3.05, 3.63) is 59.8 Å². The van der Waals surface area contributed by atoms with Gasteiger partial charge in [0.1, 0.15) is 5.41 Å². The van der Waals surface area contributed by atoms with E-state index in [1.54, 1.807) is 47.5 Å². The van der Waals surface area contributed by atoms with Crippen molar-refractivity contribution in [2.45, 2.75) is 12.3 Å². The molecule has 27 heavy (non-hydrogen) atoms. The lowest BCUT2D eigenvalue weighted by Crippen LogP contribution is -2.47. The third-order valence-electron chi connectivity index (χ3n) is 4.59. The predicted molar refractivity (Wildman–Crippen MR) is 99.6 cm³/mol. The number of amides is 1. The molecule has 0 aromatic heterocycles. The second-order valence-corrected chi connectivity index (χ2v) is 8.26. The summed E-state index contributed by atoms with van der Waals surface area (Å²) in [5.74, 6) is -1.73. The number of sulfonamides is 1. The molecule has 3 rings (SSSR count). The molecule has 2 N–H and O–H groups in total. The van der Waals surface area contributed by atoms with Gasteiger partial charge in [-0.1, -0.05) is 30.3 Å². The number of nitrogens with zero attached hydrogens (tertiary/aromatic N) is 2. The van der Waals surface area contributed by atoms with Crippen molar-refractivity contribution in [3.8, 4) is 0 Å². The lowest BCUT2D eigenvalue weighted by molar-refractivity contribution is -0.143. The molecular formula is C18H19N3O5S. The Balaban J connectivity index is 1.82. The van der Waals surface area contributed by atoms with Crippen LogP contribution in [0.3, 0.4) is 0 Å². The molecule has 0 bridgehead atoms. The van der Waals surface area contributed by atoms with E-state index >= 15 is 0 Å². The number of carboxylic acids is 1. The number of carboxylic acid groups (broad SMARTS) is 1. The normalized spacial score (nSPS) is 20.0. The van der Waals surface area contributed by atoms with Crippen LogP contribution in [0.15, 0.2) is 58.7 Å². The number of hydrogen-bond donors (Lipinski definition) is 2. The molecule has 0 fully saturated rings. The number of benzene rings is 1. The molecule has 142 valence electrons. The standard InChI is InChI=1S/C18H19N3O5S/c1-18(17(23)24,13-6-3-2-4-7-13)12-19-16(22)14-8-5-9-21-10-11-27(25,26)20-15(14)21/h2-9H,10-12H2,1H3,(H,19,22)(H,23,24). The minimum absolute atomic E-state index is 0.0537. The van der Waals surface area contributed by atoms with E-state index < -0.39 is 27.3 Å². The first-order valence-corrected chi connectivity index (χ1v) is 9.89. The fraction of sp³-hybridized carbons (Fsp3) is 0.278. The molecule has 8 nitrogen and oxygen atoms in total. The summed E-state index contributed by atoms with van der Waals surface area (Å²) in [5.41, 5.74) is -0.696. The number of hydrogen-bond acceptors (Lipinski definition) is 5. The lowest BCUT2D eigenvalue weighted by atomic mass is 9.82. The molecule has 2 heterocycles. The quantitative estimate of drug-likeness (QED) is 0.764. The lowest BCUT2D eigenvalue weighted by Gasteiger charge is -2.30. The first kappa shape index (κ1) is 18.8. The third-order valence-corrected chi connectivity index (χ3v) is 5.74. The van der Waals surface area contributed by atoms with E-state index in [2.05, 4.69) is 9.71 Å². The highest BCUT2D eigenvalue weighted by atomic mass is 32.2. The molecule has 0 spiro atoms. The maximum Gasteiger partial charge on any atom is 0.315 e. The summed E-state index contributed by atoms with van der Waals surface area (Å²) in [6, 6.07) is 8.60. The van der Waals surface area contributed by atoms with Crippen LogP contribution in [0.2, 0.25) is 0 Å². The summed E-state index contributed by atoms with van der Waals surface area (Å²) in [7, 11) is -3.62. The number of aliphatic carboxylic acids is 1. The van der Waals surface area contributed by atoms with Gasteiger partial charge in [-0.25, -0.2) is 8.42 Å². The Kier molecular flexibility index (Phi) is 4.88. The smallest absolute Gasteiger partial charge is 0.315 e. The Hall–Kier alpha value is -2.94. The van der Waals surface area contributed by atoms with Gasteiger partial charge in [0.15, 0.2) is 5.84 Å². The zero-order valence-corrected chi connectivity index (χ0v) is 15.4. The molecule has 1 aromatic carbocycles. The first-order chi connectivity index (χ1) is 12.7. The highest BCUT2D eigenvalue weighted by Gasteiger charge is 2.37. The van der Waals surface area contributed by atoms with Crippen LogP contribution < -0.4 is 5.32 Å². The van der Waals surface area contributed by atoms with Crippen LogP contribution in [-0.2, 0) is 25.0 Å². The van der Waals surface area contributed by atoms with Gasteiger partial charge < -0.3 is 15.3 Å². The topological polar surface area (TPSA) is 116 Å². The molecule has 1 atom stereocenters. The number of amidine groups is 1. The molecule has 2 aliphatic heterocycles. The third kappa shape index (κ3) is 3.77. The number of fused-ring (bicyclic) bond motifs is 1. The Morgan fingerprint density at radius 1 is 1.30 bits per heavy atom. The second-order valence-electron chi connectivity index (χ2n) is 6.50. The highest BCUT2D eigenvalue weighted by Crippen LogP contribution is 2.24. The minimum atomic E-state index is -3.62. The van der Waals surface area contributed by atoms with Crippen molar-refractivity contribution in [1.82, 2.24) is 10.2 Å². The number of nitrogens with one attached hydrogen (secondary N) is 1. The molecule has 0 aliphatic carbocycles. The Morgan fingerprint density at radius 3 is 2.67 bits per heavy atom. The van der Waals surface area contributed by atoms with Gasteiger partial charge in [-0.05, 0) is 24.6 Å². The second kappa shape index (κ2) is 6.99. The first-order valence-electron chi connectivity index (χ1n) is 8.28. The summed E-state index contributed by atoms with van der Waals surface area (Å²) in [6.45, 7) is 1.57. The van der Waals surface area contributed by atoms with Crippen LogP contribution >= 0.6 is 0 Å². The number of allylic oxidation sites excluding steroid dienone is 2. The van der Waals surface area contributed by atoms with E-state index in [9.17, 15) is 23.1 Å². The summed E-state index contributed by atoms with van der Waals surface area (Å²) < 4.78 is 27.3. The van der Waals surface area contributed by atoms with E-state index in [1.807, 2.05) is 0 Å². The maximum absolute atomic E-state index is 12.7. The zero-order valence-electron chi connectivity index (χ0n) is 14.6. The van der Waals surface area contributed by atoms with E-state index in [0.29, 0.717) is 5.56 Å². The Bertz CT molecular complexity index is 966. The number of carbonyl (C=O) groups excluding carboxylic acids is 1. The number of rotatable bonds is 5. The van der Waals surface area contributed by atoms with Crippen molar-refractivity contribution in [1.29, 1.82) is 0 Å². The van der Waals surface area contributed by atoms with Crippen molar-refractivity contribution in [2.75, 3.05) is 18.8 Å². The van der Waals surface area contributed by atoms with Crippen molar-refractivity contribution >= 4 is 27.7 Å². The fourth-order valence-electron chi connectivity index (χ4n) is 2.85. The monoisotopic (exact) mass is 389 g/mol. The molecular weight excluding hydrogens is 370 g/mol. The Labute approximate surface area is 157 Å². The summed E-state index contributed by atoms with van der Waals surface area (Å²) in [4.78, 5) is 26.1. The summed E-state index contributed by atoms with van der Waals surface area (Å²) in [5, 5.41) is 12.3. The van der Waals surface area contributed by atoms with Crippen molar-refractivity contribution in [3.63, 3.8) is 0 Å². The van der Waals surface area contributed by atoms with Crippen LogP contribution in [-0.4, -0.2) is 55.0 Å². The van der Waals surface area contributed by atoms with Gasteiger partial charge in [-0.15, -0.1) is 4.40 Å². The average molecular weight is 389 g/mol. The zero-order chi connectivity index (χ0) is 19.7. The average Bonchev–Trinajstić information content (AvgIpc) is 2.65. The van der Waals surface area contributed by atoms with Crippen LogP contribution in [0.25, 0.3) is 0 Å². The molecule has 1 aromatic rings. The van der Waals surface area contributed by atoms with Crippen LogP contribution in [0.5, 0.6) is 0 Å². The van der Waals surface area contributed by atoms with E-state index in [-0.39, 0.29) is 30.3 Å². The van der Waals surface area contributed by atoms with Crippen LogP contribution in [0.4, 0.5) is 0 Å². The van der Waals surface area contributed by atoms with Crippen LogP contribution in [0.1, 0.15) is 12.5 Å². The van der Waals surface area contributed by atoms with Crippen LogP contribution in [0, 0.1) is 0 Å². The minimum Gasteiger partial charge on any atom is -0.481 e. The summed E-state index contributed by atoms with van der Waals surface area (Å²) in [6.07, 6.45) is 4.74. The summed E-state index contributed by atoms with van der Waals surface area (Å²) >= 11 is 0.